The molecule has 0 aliphatic rings. The molecule has 20 heavy (non-hydrogen) atoms. The van der Waals surface area contributed by atoms with Gasteiger partial charge < -0.3 is 9.73 Å². The fourth-order valence-corrected chi connectivity index (χ4v) is 1.62. The smallest absolute Gasteiger partial charge is 0.322 e. The molecule has 0 unspecified atom stereocenters. The van der Waals surface area contributed by atoms with Crippen LogP contribution in [0, 0.1) is 5.82 Å². The van der Waals surface area contributed by atoms with Crippen LogP contribution in [0.1, 0.15) is 26.7 Å². The lowest BCUT2D eigenvalue weighted by atomic mass is 10.1. The van der Waals surface area contributed by atoms with Crippen molar-refractivity contribution in [3.05, 3.63) is 36.0 Å². The van der Waals surface area contributed by atoms with Crippen LogP contribution in [0.15, 0.2) is 28.7 Å². The Morgan fingerprint density at radius 2 is 1.95 bits per heavy atom. The molecular weight excluding hydrogens is 259 g/mol. The summed E-state index contributed by atoms with van der Waals surface area (Å²) in [6, 6.07) is 6.71. The van der Waals surface area contributed by atoms with Crippen LogP contribution in [0.3, 0.4) is 0 Å². The maximum atomic E-state index is 13.7. The van der Waals surface area contributed by atoms with Gasteiger partial charge in [0.15, 0.2) is 0 Å². The molecule has 1 aromatic heterocycles. The molecule has 0 bridgehead atoms. The number of nitrogens with one attached hydrogen (secondary N) is 1. The van der Waals surface area contributed by atoms with E-state index in [1.54, 1.807) is 25.2 Å². The summed E-state index contributed by atoms with van der Waals surface area (Å²) < 4.78 is 19.2. The van der Waals surface area contributed by atoms with Crippen molar-refractivity contribution in [1.82, 2.24) is 15.5 Å². The van der Waals surface area contributed by atoms with Crippen LogP contribution in [0.2, 0.25) is 0 Å². The Morgan fingerprint density at radius 3 is 2.60 bits per heavy atom. The highest BCUT2D eigenvalue weighted by molar-refractivity contribution is 5.55. The minimum Gasteiger partial charge on any atom is -0.406 e. The van der Waals surface area contributed by atoms with Crippen molar-refractivity contribution in [3.63, 3.8) is 0 Å². The number of rotatable bonds is 4. The fraction of sp³-hybridized carbons (Fsp3) is 0.429. The van der Waals surface area contributed by atoms with Crippen LogP contribution in [-0.4, -0.2) is 22.8 Å². The van der Waals surface area contributed by atoms with E-state index < -0.39 is 0 Å². The summed E-state index contributed by atoms with van der Waals surface area (Å²) in [5.41, 5.74) is 0.359. The van der Waals surface area contributed by atoms with Gasteiger partial charge in [0.25, 0.3) is 0 Å². The topological polar surface area (TPSA) is 54.2 Å². The average Bonchev–Trinajstić information content (AvgIpc) is 2.84. The van der Waals surface area contributed by atoms with Crippen LogP contribution in [-0.2, 0) is 6.54 Å². The summed E-state index contributed by atoms with van der Waals surface area (Å²) in [5.74, 6) is 0.140. The highest BCUT2D eigenvalue weighted by atomic mass is 19.1. The van der Waals surface area contributed by atoms with Crippen molar-refractivity contribution in [1.29, 1.82) is 0 Å². The monoisotopic (exact) mass is 278 g/mol. The molecule has 108 valence electrons. The number of hydrogen-bond donors (Lipinski definition) is 1. The third-order valence-electron chi connectivity index (χ3n) is 2.73. The van der Waals surface area contributed by atoms with Crippen molar-refractivity contribution in [2.24, 2.45) is 0 Å². The van der Waals surface area contributed by atoms with Crippen molar-refractivity contribution in [2.45, 2.75) is 32.9 Å². The number of benzene rings is 1. The SMILES string of the molecule is CN(c1nnc(CNC(C)(C)C)o1)c1ccccc1F. The predicted octanol–water partition coefficient (Wildman–Crippen LogP) is 2.86. The summed E-state index contributed by atoms with van der Waals surface area (Å²) in [6.07, 6.45) is 0. The van der Waals surface area contributed by atoms with E-state index in [4.69, 9.17) is 4.42 Å². The van der Waals surface area contributed by atoms with Gasteiger partial charge in [0.1, 0.15) is 5.82 Å². The van der Waals surface area contributed by atoms with Crippen LogP contribution >= 0.6 is 0 Å². The standard InChI is InChI=1S/C14H19FN4O/c1-14(2,3)16-9-12-17-18-13(20-12)19(4)11-8-6-5-7-10(11)15/h5-8,16H,9H2,1-4H3. The van der Waals surface area contributed by atoms with Gasteiger partial charge in [0, 0.05) is 12.6 Å². The molecule has 6 heteroatoms. The van der Waals surface area contributed by atoms with Crippen LogP contribution < -0.4 is 10.2 Å². The molecule has 0 fully saturated rings. The summed E-state index contributed by atoms with van der Waals surface area (Å²) in [7, 11) is 1.69. The Labute approximate surface area is 117 Å². The zero-order valence-corrected chi connectivity index (χ0v) is 12.1. The first-order valence-electron chi connectivity index (χ1n) is 6.42. The van der Waals surface area contributed by atoms with Gasteiger partial charge in [-0.05, 0) is 32.9 Å². The highest BCUT2D eigenvalue weighted by Crippen LogP contribution is 2.24. The van der Waals surface area contributed by atoms with Crippen molar-refractivity contribution in [2.75, 3.05) is 11.9 Å². The molecule has 2 aromatic rings. The van der Waals surface area contributed by atoms with Gasteiger partial charge in [-0.3, -0.25) is 4.90 Å². The molecule has 1 heterocycles. The maximum absolute atomic E-state index is 13.7. The van der Waals surface area contributed by atoms with E-state index in [1.165, 1.54) is 11.0 Å². The lowest BCUT2D eigenvalue weighted by Gasteiger charge is -2.18. The molecule has 0 spiro atoms. The molecule has 0 saturated heterocycles. The second-order valence-electron chi connectivity index (χ2n) is 5.59. The number of anilines is 2. The number of hydrogen-bond acceptors (Lipinski definition) is 5. The van der Waals surface area contributed by atoms with Gasteiger partial charge in [-0.15, -0.1) is 5.10 Å². The fourth-order valence-electron chi connectivity index (χ4n) is 1.62. The van der Waals surface area contributed by atoms with E-state index in [9.17, 15) is 4.39 Å². The summed E-state index contributed by atoms with van der Waals surface area (Å²) in [5, 5.41) is 11.1. The van der Waals surface area contributed by atoms with Crippen molar-refractivity contribution >= 4 is 11.7 Å². The van der Waals surface area contributed by atoms with Gasteiger partial charge >= 0.3 is 6.01 Å². The number of halogens is 1. The van der Waals surface area contributed by atoms with E-state index >= 15 is 0 Å². The van der Waals surface area contributed by atoms with Crippen LogP contribution in [0.25, 0.3) is 0 Å². The number of nitrogens with zero attached hydrogens (tertiary/aromatic N) is 3. The zero-order chi connectivity index (χ0) is 14.8. The Balaban J connectivity index is 2.11. The third-order valence-corrected chi connectivity index (χ3v) is 2.73. The average molecular weight is 278 g/mol. The van der Waals surface area contributed by atoms with Crippen molar-refractivity contribution in [3.8, 4) is 0 Å². The Morgan fingerprint density at radius 1 is 1.25 bits per heavy atom. The minimum absolute atomic E-state index is 0.0356. The second-order valence-corrected chi connectivity index (χ2v) is 5.59. The molecule has 0 atom stereocenters. The highest BCUT2D eigenvalue weighted by Gasteiger charge is 2.16. The van der Waals surface area contributed by atoms with Crippen LogP contribution in [0.4, 0.5) is 16.1 Å². The normalized spacial score (nSPS) is 11.7. The molecule has 0 saturated carbocycles. The molecule has 0 amide bonds. The Bertz CT molecular complexity index is 577. The van der Waals surface area contributed by atoms with Crippen molar-refractivity contribution < 1.29 is 8.81 Å². The van der Waals surface area contributed by atoms with Gasteiger partial charge in [-0.25, -0.2) is 4.39 Å². The van der Waals surface area contributed by atoms with Gasteiger partial charge in [-0.1, -0.05) is 17.2 Å². The minimum atomic E-state index is -0.331. The molecule has 0 aliphatic carbocycles. The Hall–Kier alpha value is -1.95. The molecule has 1 N–H and O–H groups in total. The van der Waals surface area contributed by atoms with Gasteiger partial charge in [0.2, 0.25) is 5.89 Å². The largest absolute Gasteiger partial charge is 0.406 e. The molecule has 0 radical (unpaired) electrons. The predicted molar refractivity (Wildman–Crippen MR) is 75.4 cm³/mol. The molecule has 1 aromatic carbocycles. The van der Waals surface area contributed by atoms with E-state index in [0.717, 1.165) is 0 Å². The summed E-state index contributed by atoms with van der Waals surface area (Å²) >= 11 is 0. The summed E-state index contributed by atoms with van der Waals surface area (Å²) in [4.78, 5) is 1.53. The van der Waals surface area contributed by atoms with E-state index in [2.05, 4.69) is 36.3 Å². The van der Waals surface area contributed by atoms with E-state index in [1.807, 2.05) is 0 Å². The molecule has 5 nitrogen and oxygen atoms in total. The third kappa shape index (κ3) is 3.54. The maximum Gasteiger partial charge on any atom is 0.322 e. The second kappa shape index (κ2) is 5.58. The van der Waals surface area contributed by atoms with Gasteiger partial charge in [-0.2, -0.15) is 0 Å². The number of para-hydroxylation sites is 1. The molecule has 2 rings (SSSR count). The lowest BCUT2D eigenvalue weighted by molar-refractivity contribution is 0.382. The zero-order valence-electron chi connectivity index (χ0n) is 12.1. The molecule has 0 aliphatic heterocycles. The first-order valence-corrected chi connectivity index (χ1v) is 6.42. The summed E-state index contributed by atoms with van der Waals surface area (Å²) in [6.45, 7) is 6.63. The number of aromatic nitrogens is 2. The quantitative estimate of drug-likeness (QED) is 0.932. The first-order chi connectivity index (χ1) is 9.37. The lowest BCUT2D eigenvalue weighted by Crippen LogP contribution is -2.35. The Kier molecular flexibility index (Phi) is 4.04. The van der Waals surface area contributed by atoms with Crippen LogP contribution in [0.5, 0.6) is 0 Å². The molecular formula is C14H19FN4O. The van der Waals surface area contributed by atoms with Gasteiger partial charge in [0.05, 0.1) is 12.2 Å². The van der Waals surface area contributed by atoms with E-state index in [0.29, 0.717) is 18.1 Å². The first kappa shape index (κ1) is 14.5. The van der Waals surface area contributed by atoms with E-state index in [-0.39, 0.29) is 17.4 Å².